The topological polar surface area (TPSA) is 76.0 Å². The molecule has 0 saturated carbocycles. The Balaban J connectivity index is 1.76. The predicted octanol–water partition coefficient (Wildman–Crippen LogP) is 4.40. The van der Waals surface area contributed by atoms with Gasteiger partial charge in [-0.2, -0.15) is 0 Å². The first kappa shape index (κ1) is 17.9. The first-order chi connectivity index (χ1) is 13.6. The van der Waals surface area contributed by atoms with E-state index in [-0.39, 0.29) is 35.7 Å². The molecule has 0 aromatic heterocycles. The minimum atomic E-state index is -0.408. The van der Waals surface area contributed by atoms with E-state index in [0.29, 0.717) is 22.6 Å². The van der Waals surface area contributed by atoms with Crippen molar-refractivity contribution in [3.63, 3.8) is 0 Å². The molecule has 0 fully saturated rings. The lowest BCUT2D eigenvalue weighted by atomic mass is 9.92. The number of ether oxygens (including phenoxy) is 2. The number of carbonyl (C=O) groups excluding carboxylic acids is 1. The van der Waals surface area contributed by atoms with Crippen LogP contribution in [0.3, 0.4) is 0 Å². The van der Waals surface area contributed by atoms with E-state index in [1.807, 2.05) is 30.3 Å². The molecule has 2 N–H and O–H groups in total. The summed E-state index contributed by atoms with van der Waals surface area (Å²) in [6.07, 6.45) is -0.0357. The highest BCUT2D eigenvalue weighted by Gasteiger charge is 2.33. The van der Waals surface area contributed by atoms with Crippen molar-refractivity contribution in [3.05, 3.63) is 82.9 Å². The molecule has 5 heteroatoms. The van der Waals surface area contributed by atoms with Crippen LogP contribution < -0.4 is 9.47 Å². The molecule has 0 aliphatic carbocycles. The van der Waals surface area contributed by atoms with E-state index in [2.05, 4.69) is 0 Å². The molecule has 142 valence electrons. The Bertz CT molecular complexity index is 1030. The molecule has 3 aromatic rings. The highest BCUT2D eigenvalue weighted by atomic mass is 16.5. The van der Waals surface area contributed by atoms with Gasteiger partial charge >= 0.3 is 0 Å². The average molecular weight is 376 g/mol. The van der Waals surface area contributed by atoms with Crippen LogP contribution in [0.15, 0.2) is 60.7 Å². The third kappa shape index (κ3) is 3.16. The fourth-order valence-electron chi connectivity index (χ4n) is 3.55. The zero-order chi connectivity index (χ0) is 19.7. The fraction of sp³-hybridized carbons (Fsp3) is 0.174. The SMILES string of the molecule is COc1cc2c(c(O)c1Cc1ccccc1O)C(=O)C[C@@H](c1ccccc1)O2. The van der Waals surface area contributed by atoms with Crippen LogP contribution in [0.5, 0.6) is 23.0 Å². The molecule has 3 aromatic carbocycles. The summed E-state index contributed by atoms with van der Waals surface area (Å²) in [6.45, 7) is 0. The standard InChI is InChI=1S/C23H20O5/c1-27-20-13-21-22(18(25)12-19(28-21)14-7-3-2-4-8-14)23(26)16(20)11-15-9-5-6-10-17(15)24/h2-10,13,19,24,26H,11-12H2,1H3/t19-/m0/s1. The molecule has 1 aliphatic heterocycles. The summed E-state index contributed by atoms with van der Waals surface area (Å²) in [6, 6.07) is 18.0. The Morgan fingerprint density at radius 2 is 1.79 bits per heavy atom. The van der Waals surface area contributed by atoms with Gasteiger partial charge in [-0.1, -0.05) is 48.5 Å². The number of rotatable bonds is 4. The molecule has 0 bridgehead atoms. The fourth-order valence-corrected chi connectivity index (χ4v) is 3.55. The Morgan fingerprint density at radius 1 is 1.07 bits per heavy atom. The molecule has 0 amide bonds. The van der Waals surface area contributed by atoms with Crippen LogP contribution in [0.4, 0.5) is 0 Å². The van der Waals surface area contributed by atoms with Gasteiger partial charge in [-0.15, -0.1) is 0 Å². The molecule has 1 aliphatic rings. The zero-order valence-electron chi connectivity index (χ0n) is 15.4. The van der Waals surface area contributed by atoms with E-state index in [9.17, 15) is 15.0 Å². The van der Waals surface area contributed by atoms with Gasteiger partial charge in [0.25, 0.3) is 0 Å². The van der Waals surface area contributed by atoms with E-state index in [1.54, 1.807) is 30.3 Å². The van der Waals surface area contributed by atoms with Gasteiger partial charge in [-0.25, -0.2) is 0 Å². The number of Topliss-reactive ketones (excluding diaryl/α,β-unsaturated/α-hetero) is 1. The second kappa shape index (κ2) is 7.27. The van der Waals surface area contributed by atoms with Crippen molar-refractivity contribution in [3.8, 4) is 23.0 Å². The van der Waals surface area contributed by atoms with Gasteiger partial charge in [0.2, 0.25) is 0 Å². The second-order valence-corrected chi connectivity index (χ2v) is 6.73. The summed E-state index contributed by atoms with van der Waals surface area (Å²) >= 11 is 0. The van der Waals surface area contributed by atoms with Crippen LogP contribution >= 0.6 is 0 Å². The van der Waals surface area contributed by atoms with E-state index >= 15 is 0 Å². The number of hydrogen-bond donors (Lipinski definition) is 2. The Hall–Kier alpha value is -3.47. The quantitative estimate of drug-likeness (QED) is 0.706. The highest BCUT2D eigenvalue weighted by Crippen LogP contribution is 2.45. The number of phenols is 2. The summed E-state index contributed by atoms with van der Waals surface area (Å²) in [5, 5.41) is 20.9. The number of methoxy groups -OCH3 is 1. The van der Waals surface area contributed by atoms with Gasteiger partial charge in [0.15, 0.2) is 5.78 Å². The number of carbonyl (C=O) groups is 1. The van der Waals surface area contributed by atoms with Gasteiger partial charge in [-0.3, -0.25) is 4.79 Å². The molecule has 0 spiro atoms. The molecular weight excluding hydrogens is 356 g/mol. The average Bonchev–Trinajstić information content (AvgIpc) is 2.71. The maximum atomic E-state index is 12.8. The van der Waals surface area contributed by atoms with Crippen molar-refractivity contribution in [1.82, 2.24) is 0 Å². The van der Waals surface area contributed by atoms with E-state index in [1.165, 1.54) is 7.11 Å². The summed E-state index contributed by atoms with van der Waals surface area (Å²) in [7, 11) is 1.49. The molecule has 28 heavy (non-hydrogen) atoms. The van der Waals surface area contributed by atoms with Crippen LogP contribution in [-0.2, 0) is 6.42 Å². The molecule has 0 radical (unpaired) electrons. The number of para-hydroxylation sites is 1. The number of benzene rings is 3. The number of aromatic hydroxyl groups is 2. The van der Waals surface area contributed by atoms with Crippen molar-refractivity contribution < 1.29 is 24.5 Å². The largest absolute Gasteiger partial charge is 0.508 e. The van der Waals surface area contributed by atoms with Crippen molar-refractivity contribution in [2.24, 2.45) is 0 Å². The lowest BCUT2D eigenvalue weighted by molar-refractivity contribution is 0.0844. The first-order valence-corrected chi connectivity index (χ1v) is 9.03. The second-order valence-electron chi connectivity index (χ2n) is 6.73. The molecule has 4 rings (SSSR count). The molecule has 5 nitrogen and oxygen atoms in total. The number of fused-ring (bicyclic) bond motifs is 1. The Labute approximate surface area is 162 Å². The predicted molar refractivity (Wildman–Crippen MR) is 104 cm³/mol. The van der Waals surface area contributed by atoms with Crippen molar-refractivity contribution in [2.75, 3.05) is 7.11 Å². The van der Waals surface area contributed by atoms with Crippen molar-refractivity contribution >= 4 is 5.78 Å². The Kier molecular flexibility index (Phi) is 4.65. The highest BCUT2D eigenvalue weighted by molar-refractivity contribution is 6.03. The van der Waals surface area contributed by atoms with Crippen LogP contribution in [0.2, 0.25) is 0 Å². The lowest BCUT2D eigenvalue weighted by Crippen LogP contribution is -2.21. The van der Waals surface area contributed by atoms with Gasteiger partial charge in [0.1, 0.15) is 34.7 Å². The van der Waals surface area contributed by atoms with Crippen molar-refractivity contribution in [2.45, 2.75) is 18.9 Å². The third-order valence-corrected chi connectivity index (χ3v) is 5.00. The normalized spacial score (nSPS) is 15.6. The molecule has 0 unspecified atom stereocenters. The van der Waals surface area contributed by atoms with Crippen LogP contribution in [0, 0.1) is 0 Å². The molecular formula is C23H20O5. The number of ketones is 1. The maximum absolute atomic E-state index is 12.8. The Morgan fingerprint density at radius 3 is 2.50 bits per heavy atom. The number of phenolic OH excluding ortho intramolecular Hbond substituents is 2. The number of hydrogen-bond acceptors (Lipinski definition) is 5. The molecule has 1 heterocycles. The van der Waals surface area contributed by atoms with Gasteiger partial charge < -0.3 is 19.7 Å². The first-order valence-electron chi connectivity index (χ1n) is 9.03. The minimum absolute atomic E-state index is 0.119. The summed E-state index contributed by atoms with van der Waals surface area (Å²) in [4.78, 5) is 12.8. The monoisotopic (exact) mass is 376 g/mol. The molecule has 1 atom stereocenters. The molecule has 0 saturated heterocycles. The third-order valence-electron chi connectivity index (χ3n) is 5.00. The maximum Gasteiger partial charge on any atom is 0.174 e. The van der Waals surface area contributed by atoms with Crippen LogP contribution in [0.25, 0.3) is 0 Å². The minimum Gasteiger partial charge on any atom is -0.508 e. The summed E-state index contributed by atoms with van der Waals surface area (Å²) in [5.74, 6) is 0.484. The summed E-state index contributed by atoms with van der Waals surface area (Å²) < 4.78 is 11.5. The smallest absolute Gasteiger partial charge is 0.174 e. The van der Waals surface area contributed by atoms with Crippen molar-refractivity contribution in [1.29, 1.82) is 0 Å². The van der Waals surface area contributed by atoms with Crippen LogP contribution in [-0.4, -0.2) is 23.1 Å². The van der Waals surface area contributed by atoms with E-state index < -0.39 is 6.10 Å². The van der Waals surface area contributed by atoms with Gasteiger partial charge in [-0.05, 0) is 17.2 Å². The zero-order valence-corrected chi connectivity index (χ0v) is 15.4. The lowest BCUT2D eigenvalue weighted by Gasteiger charge is -2.27. The van der Waals surface area contributed by atoms with E-state index in [0.717, 1.165) is 5.56 Å². The van der Waals surface area contributed by atoms with Gasteiger partial charge in [0.05, 0.1) is 13.5 Å². The van der Waals surface area contributed by atoms with Crippen LogP contribution in [0.1, 0.15) is 39.6 Å². The summed E-state index contributed by atoms with van der Waals surface area (Å²) in [5.41, 5.74) is 2.14. The van der Waals surface area contributed by atoms with Gasteiger partial charge in [0, 0.05) is 18.1 Å². The van der Waals surface area contributed by atoms with E-state index in [4.69, 9.17) is 9.47 Å².